The first-order valence-electron chi connectivity index (χ1n) is 6.22. The van der Waals surface area contributed by atoms with E-state index in [4.69, 9.17) is 0 Å². The first-order chi connectivity index (χ1) is 9.52. The van der Waals surface area contributed by atoms with Crippen LogP contribution in [0.5, 0.6) is 0 Å². The molecule has 0 fully saturated rings. The second kappa shape index (κ2) is 5.69. The van der Waals surface area contributed by atoms with Crippen LogP contribution in [0.1, 0.15) is 16.1 Å². The monoisotopic (exact) mass is 273 g/mol. The van der Waals surface area contributed by atoms with E-state index in [9.17, 15) is 9.18 Å². The van der Waals surface area contributed by atoms with Crippen molar-refractivity contribution in [3.05, 3.63) is 53.5 Å². The van der Waals surface area contributed by atoms with Gasteiger partial charge < -0.3 is 10.2 Å². The molecule has 2 rings (SSSR count). The van der Waals surface area contributed by atoms with Gasteiger partial charge in [-0.15, -0.1) is 0 Å². The molecule has 0 radical (unpaired) electrons. The normalized spacial score (nSPS) is 10.2. The minimum absolute atomic E-state index is 0.248. The summed E-state index contributed by atoms with van der Waals surface area (Å²) in [6.45, 7) is 1.81. The predicted molar refractivity (Wildman–Crippen MR) is 77.7 cm³/mol. The molecule has 0 atom stereocenters. The van der Waals surface area contributed by atoms with E-state index in [2.05, 4.69) is 10.3 Å². The van der Waals surface area contributed by atoms with Crippen molar-refractivity contribution in [2.75, 3.05) is 24.3 Å². The fourth-order valence-electron chi connectivity index (χ4n) is 1.95. The third-order valence-electron chi connectivity index (χ3n) is 2.97. The van der Waals surface area contributed by atoms with E-state index in [1.54, 1.807) is 51.4 Å². The maximum Gasteiger partial charge on any atom is 0.258 e. The van der Waals surface area contributed by atoms with Crippen LogP contribution < -0.4 is 10.2 Å². The molecule has 1 heterocycles. The van der Waals surface area contributed by atoms with Crippen LogP contribution in [-0.4, -0.2) is 25.0 Å². The number of halogens is 1. The third-order valence-corrected chi connectivity index (χ3v) is 2.97. The number of anilines is 2. The number of carbonyl (C=O) groups is 1. The van der Waals surface area contributed by atoms with E-state index >= 15 is 0 Å². The Morgan fingerprint density at radius 1 is 1.30 bits per heavy atom. The molecule has 0 aliphatic heterocycles. The van der Waals surface area contributed by atoms with Gasteiger partial charge in [0.2, 0.25) is 0 Å². The number of rotatable bonds is 3. The van der Waals surface area contributed by atoms with E-state index in [1.807, 2.05) is 0 Å². The number of benzene rings is 1. The molecule has 104 valence electrons. The minimum Gasteiger partial charge on any atom is -0.373 e. The molecule has 0 saturated carbocycles. The highest BCUT2D eigenvalue weighted by molar-refractivity contribution is 6.06. The summed E-state index contributed by atoms with van der Waals surface area (Å²) in [7, 11) is 3.28. The van der Waals surface area contributed by atoms with Gasteiger partial charge in [-0.05, 0) is 31.2 Å². The van der Waals surface area contributed by atoms with Crippen LogP contribution in [0.25, 0.3) is 0 Å². The van der Waals surface area contributed by atoms with Gasteiger partial charge in [0.1, 0.15) is 11.6 Å². The van der Waals surface area contributed by atoms with Gasteiger partial charge >= 0.3 is 0 Å². The summed E-state index contributed by atoms with van der Waals surface area (Å²) in [6, 6.07) is 9.51. The van der Waals surface area contributed by atoms with Gasteiger partial charge in [0.05, 0.1) is 5.69 Å². The Morgan fingerprint density at radius 2 is 2.00 bits per heavy atom. The number of nitrogens with zero attached hydrogens (tertiary/aromatic N) is 2. The number of hydrogen-bond donors (Lipinski definition) is 1. The topological polar surface area (TPSA) is 45.2 Å². The summed E-state index contributed by atoms with van der Waals surface area (Å²) in [6.07, 6.45) is 0. The zero-order chi connectivity index (χ0) is 14.7. The number of para-hydroxylation sites is 1. The molecule has 1 amide bonds. The van der Waals surface area contributed by atoms with E-state index in [-0.39, 0.29) is 11.6 Å². The van der Waals surface area contributed by atoms with Crippen molar-refractivity contribution in [3.8, 4) is 0 Å². The Bertz CT molecular complexity index is 643. The lowest BCUT2D eigenvalue weighted by molar-refractivity contribution is 0.0992. The fourth-order valence-corrected chi connectivity index (χ4v) is 1.95. The van der Waals surface area contributed by atoms with Crippen molar-refractivity contribution in [2.24, 2.45) is 0 Å². The van der Waals surface area contributed by atoms with Crippen LogP contribution in [0, 0.1) is 12.7 Å². The molecular formula is C15H16FN3O. The molecule has 5 heteroatoms. The highest BCUT2D eigenvalue weighted by atomic mass is 19.1. The number of pyridine rings is 1. The lowest BCUT2D eigenvalue weighted by atomic mass is 10.2. The summed E-state index contributed by atoms with van der Waals surface area (Å²) in [5.74, 6) is -0.102. The van der Waals surface area contributed by atoms with E-state index in [0.717, 1.165) is 5.69 Å². The van der Waals surface area contributed by atoms with Crippen molar-refractivity contribution < 1.29 is 9.18 Å². The minimum atomic E-state index is -0.428. The van der Waals surface area contributed by atoms with Crippen molar-refractivity contribution in [3.63, 3.8) is 0 Å². The Morgan fingerprint density at radius 3 is 2.65 bits per heavy atom. The van der Waals surface area contributed by atoms with Crippen molar-refractivity contribution >= 4 is 17.4 Å². The van der Waals surface area contributed by atoms with Crippen molar-refractivity contribution in [2.45, 2.75) is 6.92 Å². The number of nitrogens with one attached hydrogen (secondary N) is 1. The molecule has 2 aromatic rings. The quantitative estimate of drug-likeness (QED) is 0.935. The number of aryl methyl sites for hydroxylation is 1. The highest BCUT2D eigenvalue weighted by Gasteiger charge is 2.17. The van der Waals surface area contributed by atoms with Gasteiger partial charge in [0, 0.05) is 25.4 Å². The van der Waals surface area contributed by atoms with E-state index in [1.165, 1.54) is 11.0 Å². The molecule has 0 bridgehead atoms. The van der Waals surface area contributed by atoms with Crippen LogP contribution in [0.2, 0.25) is 0 Å². The SMILES string of the molecule is CNc1cc(C(=O)N(C)c2ccccc2F)cc(C)n1. The van der Waals surface area contributed by atoms with Gasteiger partial charge in [0.25, 0.3) is 5.91 Å². The van der Waals surface area contributed by atoms with Crippen LogP contribution >= 0.6 is 0 Å². The molecule has 1 N–H and O–H groups in total. The number of hydrogen-bond acceptors (Lipinski definition) is 3. The summed E-state index contributed by atoms with van der Waals surface area (Å²) in [5.41, 5.74) is 1.44. The Labute approximate surface area is 117 Å². The summed E-state index contributed by atoms with van der Waals surface area (Å²) >= 11 is 0. The van der Waals surface area contributed by atoms with Gasteiger partial charge in [0.15, 0.2) is 0 Å². The zero-order valence-corrected chi connectivity index (χ0v) is 11.6. The van der Waals surface area contributed by atoms with Gasteiger partial charge in [-0.3, -0.25) is 4.79 Å². The lowest BCUT2D eigenvalue weighted by Crippen LogP contribution is -2.27. The fraction of sp³-hybridized carbons (Fsp3) is 0.200. The van der Waals surface area contributed by atoms with Crippen LogP contribution in [0.4, 0.5) is 15.9 Å². The van der Waals surface area contributed by atoms with Crippen LogP contribution in [0.3, 0.4) is 0 Å². The first-order valence-corrected chi connectivity index (χ1v) is 6.22. The van der Waals surface area contributed by atoms with Gasteiger partial charge in [-0.2, -0.15) is 0 Å². The zero-order valence-electron chi connectivity index (χ0n) is 11.6. The molecule has 0 unspecified atom stereocenters. The molecule has 0 aliphatic rings. The predicted octanol–water partition coefficient (Wildman–Crippen LogP) is 2.85. The number of aromatic nitrogens is 1. The number of amides is 1. The average Bonchev–Trinajstić information content (AvgIpc) is 2.45. The van der Waals surface area contributed by atoms with Crippen LogP contribution in [-0.2, 0) is 0 Å². The lowest BCUT2D eigenvalue weighted by Gasteiger charge is -2.18. The molecule has 0 spiro atoms. The second-order valence-corrected chi connectivity index (χ2v) is 4.45. The molecule has 20 heavy (non-hydrogen) atoms. The largest absolute Gasteiger partial charge is 0.373 e. The number of carbonyl (C=O) groups excluding carboxylic acids is 1. The van der Waals surface area contributed by atoms with E-state index in [0.29, 0.717) is 11.4 Å². The molecule has 1 aromatic carbocycles. The maximum atomic E-state index is 13.7. The first kappa shape index (κ1) is 14.0. The third kappa shape index (κ3) is 2.77. The van der Waals surface area contributed by atoms with Crippen LogP contribution in [0.15, 0.2) is 36.4 Å². The summed E-state index contributed by atoms with van der Waals surface area (Å²) in [4.78, 5) is 17.9. The summed E-state index contributed by atoms with van der Waals surface area (Å²) < 4.78 is 13.7. The Balaban J connectivity index is 2.36. The standard InChI is InChI=1S/C15H16FN3O/c1-10-8-11(9-14(17-2)18-10)15(20)19(3)13-7-5-4-6-12(13)16/h4-9H,1-3H3,(H,17,18). The second-order valence-electron chi connectivity index (χ2n) is 4.45. The Hall–Kier alpha value is -2.43. The molecule has 0 saturated heterocycles. The molecular weight excluding hydrogens is 257 g/mol. The maximum absolute atomic E-state index is 13.7. The van der Waals surface area contributed by atoms with Crippen molar-refractivity contribution in [1.82, 2.24) is 4.98 Å². The van der Waals surface area contributed by atoms with E-state index < -0.39 is 5.82 Å². The van der Waals surface area contributed by atoms with Crippen molar-refractivity contribution in [1.29, 1.82) is 0 Å². The van der Waals surface area contributed by atoms with Gasteiger partial charge in [-0.1, -0.05) is 12.1 Å². The molecule has 4 nitrogen and oxygen atoms in total. The van der Waals surface area contributed by atoms with Gasteiger partial charge in [-0.25, -0.2) is 9.37 Å². The smallest absolute Gasteiger partial charge is 0.258 e. The Kier molecular flexibility index (Phi) is 3.98. The average molecular weight is 273 g/mol. The molecule has 1 aromatic heterocycles. The highest BCUT2D eigenvalue weighted by Crippen LogP contribution is 2.20. The summed E-state index contributed by atoms with van der Waals surface area (Å²) in [5, 5.41) is 2.90. The molecule has 0 aliphatic carbocycles.